The zero-order chi connectivity index (χ0) is 19.3. The highest BCUT2D eigenvalue weighted by atomic mass is 32.2. The van der Waals surface area contributed by atoms with Gasteiger partial charge in [-0.3, -0.25) is 4.98 Å². The van der Waals surface area contributed by atoms with Gasteiger partial charge >= 0.3 is 0 Å². The van der Waals surface area contributed by atoms with Gasteiger partial charge in [0.05, 0.1) is 19.0 Å². The molecule has 1 aliphatic heterocycles. The van der Waals surface area contributed by atoms with Crippen LogP contribution in [0.1, 0.15) is 19.0 Å². The lowest BCUT2D eigenvalue weighted by atomic mass is 9.98. The predicted molar refractivity (Wildman–Crippen MR) is 105 cm³/mol. The van der Waals surface area contributed by atoms with E-state index in [0.29, 0.717) is 26.2 Å². The van der Waals surface area contributed by atoms with Gasteiger partial charge in [-0.25, -0.2) is 13.1 Å². The van der Waals surface area contributed by atoms with Crippen LogP contribution >= 0.6 is 0 Å². The molecule has 1 saturated heterocycles. The molecule has 27 heavy (non-hydrogen) atoms. The van der Waals surface area contributed by atoms with Gasteiger partial charge < -0.3 is 9.47 Å². The highest BCUT2D eigenvalue weighted by Gasteiger charge is 2.29. The van der Waals surface area contributed by atoms with Crippen molar-refractivity contribution in [2.75, 3.05) is 25.6 Å². The molecule has 0 radical (unpaired) electrons. The Morgan fingerprint density at radius 1 is 1.19 bits per heavy atom. The van der Waals surface area contributed by atoms with Crippen molar-refractivity contribution in [1.82, 2.24) is 9.71 Å². The first-order valence-corrected chi connectivity index (χ1v) is 10.9. The summed E-state index contributed by atoms with van der Waals surface area (Å²) >= 11 is 0. The lowest BCUT2D eigenvalue weighted by Crippen LogP contribution is -2.47. The normalized spacial score (nSPS) is 20.4. The standard InChI is InChI=1S/C20H26N2O4S/c1-3-27(23,24)22-20-10-11-25-13-18(20)14-26-19-8-6-16(7-9-19)17-5-4-15(2)21-12-17/h4-9,12,18,20,22H,3,10-11,13-14H2,1-2H3. The molecule has 0 aliphatic carbocycles. The van der Waals surface area contributed by atoms with Gasteiger partial charge in [0, 0.05) is 36.0 Å². The van der Waals surface area contributed by atoms with Crippen LogP contribution in [0.15, 0.2) is 42.6 Å². The van der Waals surface area contributed by atoms with Crippen molar-refractivity contribution in [2.24, 2.45) is 5.92 Å². The molecule has 6 nitrogen and oxygen atoms in total. The molecule has 1 aromatic heterocycles. The number of ether oxygens (including phenoxy) is 2. The fourth-order valence-electron chi connectivity index (χ4n) is 3.02. The maximum atomic E-state index is 11.9. The molecule has 2 unspecified atom stereocenters. The van der Waals surface area contributed by atoms with E-state index in [-0.39, 0.29) is 17.7 Å². The zero-order valence-electron chi connectivity index (χ0n) is 15.7. The lowest BCUT2D eigenvalue weighted by Gasteiger charge is -2.31. The van der Waals surface area contributed by atoms with Crippen molar-refractivity contribution < 1.29 is 17.9 Å². The summed E-state index contributed by atoms with van der Waals surface area (Å²) in [6.07, 6.45) is 2.52. The summed E-state index contributed by atoms with van der Waals surface area (Å²) in [6.45, 7) is 5.06. The van der Waals surface area contributed by atoms with Gasteiger partial charge in [-0.15, -0.1) is 0 Å². The fourth-order valence-corrected chi connectivity index (χ4v) is 3.95. The van der Waals surface area contributed by atoms with Crippen LogP contribution in [0.25, 0.3) is 11.1 Å². The molecule has 0 spiro atoms. The van der Waals surface area contributed by atoms with Crippen LogP contribution < -0.4 is 9.46 Å². The molecule has 0 amide bonds. The van der Waals surface area contributed by atoms with Gasteiger partial charge in [0.25, 0.3) is 0 Å². The molecule has 1 N–H and O–H groups in total. The first-order chi connectivity index (χ1) is 13.0. The second-order valence-corrected chi connectivity index (χ2v) is 8.82. The van der Waals surface area contributed by atoms with Gasteiger partial charge in [0.2, 0.25) is 10.0 Å². The quantitative estimate of drug-likeness (QED) is 0.787. The minimum absolute atomic E-state index is 0.0129. The Balaban J connectivity index is 1.60. The van der Waals surface area contributed by atoms with Gasteiger partial charge in [-0.1, -0.05) is 18.2 Å². The highest BCUT2D eigenvalue weighted by Crippen LogP contribution is 2.23. The van der Waals surface area contributed by atoms with Crippen LogP contribution in [0.2, 0.25) is 0 Å². The Morgan fingerprint density at radius 2 is 1.93 bits per heavy atom. The summed E-state index contributed by atoms with van der Waals surface area (Å²) in [5.74, 6) is 0.815. The molecular formula is C20H26N2O4S. The van der Waals surface area contributed by atoms with Crippen molar-refractivity contribution in [3.63, 3.8) is 0 Å². The van der Waals surface area contributed by atoms with Crippen molar-refractivity contribution in [1.29, 1.82) is 0 Å². The Bertz CT molecular complexity index is 835. The Hall–Kier alpha value is -1.96. The van der Waals surface area contributed by atoms with E-state index in [1.165, 1.54) is 0 Å². The third kappa shape index (κ3) is 5.51. The third-order valence-corrected chi connectivity index (χ3v) is 6.17. The number of hydrogen-bond acceptors (Lipinski definition) is 5. The smallest absolute Gasteiger partial charge is 0.211 e. The molecule has 3 rings (SSSR count). The number of nitrogens with zero attached hydrogens (tertiary/aromatic N) is 1. The first-order valence-electron chi connectivity index (χ1n) is 9.20. The summed E-state index contributed by atoms with van der Waals surface area (Å²) < 4.78 is 38.0. The number of rotatable bonds is 7. The van der Waals surface area contributed by atoms with Gasteiger partial charge in [0.1, 0.15) is 5.75 Å². The van der Waals surface area contributed by atoms with E-state index in [2.05, 4.69) is 9.71 Å². The second kappa shape index (κ2) is 8.82. The number of benzene rings is 1. The largest absolute Gasteiger partial charge is 0.493 e. The Kier molecular flexibility index (Phi) is 6.46. The maximum Gasteiger partial charge on any atom is 0.211 e. The molecule has 0 saturated carbocycles. The lowest BCUT2D eigenvalue weighted by molar-refractivity contribution is 0.0186. The number of pyridine rings is 1. The van der Waals surface area contributed by atoms with Crippen LogP contribution in [-0.2, 0) is 14.8 Å². The number of aryl methyl sites for hydroxylation is 1. The molecule has 2 aromatic rings. The summed E-state index contributed by atoms with van der Waals surface area (Å²) in [5, 5.41) is 0. The molecule has 146 valence electrons. The van der Waals surface area contributed by atoms with Crippen molar-refractivity contribution >= 4 is 10.0 Å². The topological polar surface area (TPSA) is 77.5 Å². The molecule has 0 bridgehead atoms. The van der Waals surface area contributed by atoms with Gasteiger partial charge in [-0.05, 0) is 44.0 Å². The zero-order valence-corrected chi connectivity index (χ0v) is 16.5. The molecule has 2 atom stereocenters. The molecule has 1 aliphatic rings. The maximum absolute atomic E-state index is 11.9. The monoisotopic (exact) mass is 390 g/mol. The van der Waals surface area contributed by atoms with Crippen LogP contribution in [0, 0.1) is 12.8 Å². The van der Waals surface area contributed by atoms with E-state index in [1.807, 2.05) is 49.5 Å². The number of hydrogen-bond donors (Lipinski definition) is 1. The summed E-state index contributed by atoms with van der Waals surface area (Å²) in [7, 11) is -3.24. The van der Waals surface area contributed by atoms with Crippen molar-refractivity contribution in [3.05, 3.63) is 48.3 Å². The molecule has 1 aromatic carbocycles. The molecule has 2 heterocycles. The van der Waals surface area contributed by atoms with Crippen molar-refractivity contribution in [3.8, 4) is 16.9 Å². The minimum atomic E-state index is -3.24. The molecular weight excluding hydrogens is 364 g/mol. The van der Waals surface area contributed by atoms with E-state index in [1.54, 1.807) is 6.92 Å². The number of aromatic nitrogens is 1. The van der Waals surface area contributed by atoms with Crippen LogP contribution in [-0.4, -0.2) is 45.0 Å². The molecule has 1 fully saturated rings. The van der Waals surface area contributed by atoms with Crippen LogP contribution in [0.5, 0.6) is 5.75 Å². The highest BCUT2D eigenvalue weighted by molar-refractivity contribution is 7.89. The van der Waals surface area contributed by atoms with Crippen LogP contribution in [0.4, 0.5) is 0 Å². The SMILES string of the molecule is CCS(=O)(=O)NC1CCOCC1COc1ccc(-c2ccc(C)nc2)cc1. The van der Waals surface area contributed by atoms with E-state index < -0.39 is 10.0 Å². The van der Waals surface area contributed by atoms with Gasteiger partial charge in [0.15, 0.2) is 0 Å². The van der Waals surface area contributed by atoms with Gasteiger partial charge in [-0.2, -0.15) is 0 Å². The third-order valence-electron chi connectivity index (χ3n) is 4.75. The number of sulfonamides is 1. The van der Waals surface area contributed by atoms with Crippen LogP contribution in [0.3, 0.4) is 0 Å². The van der Waals surface area contributed by atoms with E-state index in [9.17, 15) is 8.42 Å². The average molecular weight is 391 g/mol. The summed E-state index contributed by atoms with van der Waals surface area (Å²) in [5.41, 5.74) is 3.12. The Morgan fingerprint density at radius 3 is 2.59 bits per heavy atom. The van der Waals surface area contributed by atoms with E-state index >= 15 is 0 Å². The second-order valence-electron chi connectivity index (χ2n) is 6.78. The Labute approximate surface area is 161 Å². The molecule has 7 heteroatoms. The fraction of sp³-hybridized carbons (Fsp3) is 0.450. The van der Waals surface area contributed by atoms with Crippen molar-refractivity contribution in [2.45, 2.75) is 26.3 Å². The minimum Gasteiger partial charge on any atom is -0.493 e. The number of nitrogens with one attached hydrogen (secondary N) is 1. The predicted octanol–water partition coefficient (Wildman–Crippen LogP) is 2.78. The van der Waals surface area contributed by atoms with E-state index in [0.717, 1.165) is 22.6 Å². The summed E-state index contributed by atoms with van der Waals surface area (Å²) in [6, 6.07) is 11.7. The first kappa shape index (κ1) is 19.8. The van der Waals surface area contributed by atoms with E-state index in [4.69, 9.17) is 9.47 Å². The average Bonchev–Trinajstić information content (AvgIpc) is 2.68. The summed E-state index contributed by atoms with van der Waals surface area (Å²) in [4.78, 5) is 4.32.